The minimum absolute atomic E-state index is 0.0292. The molecule has 0 saturated carbocycles. The summed E-state index contributed by atoms with van der Waals surface area (Å²) in [6.07, 6.45) is 2.48. The molecule has 0 aromatic heterocycles. The van der Waals surface area contributed by atoms with Crippen LogP contribution in [-0.4, -0.2) is 22.1 Å². The van der Waals surface area contributed by atoms with Crippen LogP contribution in [0.2, 0.25) is 0 Å². The second-order valence-electron chi connectivity index (χ2n) is 3.89. The molecule has 4 nitrogen and oxygen atoms in total. The third-order valence-electron chi connectivity index (χ3n) is 2.28. The van der Waals surface area contributed by atoms with Crippen LogP contribution >= 0.6 is 7.82 Å². The molecule has 108 valence electrons. The van der Waals surface area contributed by atoms with E-state index < -0.39 is 26.5 Å². The van der Waals surface area contributed by atoms with Crippen LogP contribution in [0, 0.1) is 30.6 Å². The number of rotatable bonds is 7. The van der Waals surface area contributed by atoms with E-state index in [1.165, 1.54) is 0 Å². The minimum Gasteiger partial charge on any atom is -0.303 e. The van der Waals surface area contributed by atoms with E-state index in [1.807, 2.05) is 0 Å². The molecule has 0 aromatic rings. The number of phosphoric ester groups is 1. The van der Waals surface area contributed by atoms with Gasteiger partial charge in [-0.1, -0.05) is 0 Å². The summed E-state index contributed by atoms with van der Waals surface area (Å²) in [5, 5.41) is 0. The lowest BCUT2D eigenvalue weighted by Crippen LogP contribution is -2.31. The summed E-state index contributed by atoms with van der Waals surface area (Å²) >= 11 is 0. The highest BCUT2D eigenvalue weighted by molar-refractivity contribution is 7.46. The van der Waals surface area contributed by atoms with Gasteiger partial charge in [0.1, 0.15) is 0 Å². The van der Waals surface area contributed by atoms with Crippen LogP contribution in [-0.2, 0) is 9.09 Å². The van der Waals surface area contributed by atoms with Gasteiger partial charge in [0.15, 0.2) is 6.10 Å². The molecule has 0 aliphatic carbocycles. The van der Waals surface area contributed by atoms with Gasteiger partial charge in [0, 0.05) is 12.8 Å². The van der Waals surface area contributed by atoms with Gasteiger partial charge in [-0.3, -0.25) is 4.52 Å². The molecule has 0 heterocycles. The minimum atomic E-state index is -5.21. The van der Waals surface area contributed by atoms with Crippen LogP contribution in [0.15, 0.2) is 0 Å². The summed E-state index contributed by atoms with van der Waals surface area (Å²) in [6, 6.07) is 0. The van der Waals surface area contributed by atoms with E-state index in [4.69, 9.17) is 22.6 Å². The number of halogens is 3. The molecule has 0 aromatic carbocycles. The lowest BCUT2D eigenvalue weighted by molar-refractivity contribution is -0.201. The van der Waals surface area contributed by atoms with Crippen molar-refractivity contribution in [2.24, 2.45) is 5.92 Å². The molecule has 0 spiro atoms. The molecule has 0 radical (unpaired) electrons. The topological polar surface area (TPSA) is 66.8 Å². The van der Waals surface area contributed by atoms with E-state index in [9.17, 15) is 17.7 Å². The Balaban J connectivity index is 4.62. The van der Waals surface area contributed by atoms with E-state index in [2.05, 4.69) is 16.4 Å². The Morgan fingerprint density at radius 3 is 1.95 bits per heavy atom. The first-order valence-corrected chi connectivity index (χ1v) is 6.80. The highest BCUT2D eigenvalue weighted by atomic mass is 31.2. The molecular formula is C11H14F3O4P. The van der Waals surface area contributed by atoms with Crippen molar-refractivity contribution in [3.05, 3.63) is 0 Å². The first-order chi connectivity index (χ1) is 8.60. The summed E-state index contributed by atoms with van der Waals surface area (Å²) in [5.74, 6) is 4.25. The van der Waals surface area contributed by atoms with Crippen molar-refractivity contribution in [3.8, 4) is 24.7 Å². The largest absolute Gasteiger partial charge is 0.470 e. The van der Waals surface area contributed by atoms with Crippen LogP contribution in [0.1, 0.15) is 25.7 Å². The van der Waals surface area contributed by atoms with Crippen molar-refractivity contribution in [1.82, 2.24) is 0 Å². The van der Waals surface area contributed by atoms with Gasteiger partial charge in [0.25, 0.3) is 0 Å². The fraction of sp³-hybridized carbons (Fsp3) is 0.636. The van der Waals surface area contributed by atoms with Crippen LogP contribution in [0.5, 0.6) is 0 Å². The lowest BCUT2D eigenvalue weighted by atomic mass is 9.95. The second-order valence-corrected chi connectivity index (χ2v) is 5.08. The molecule has 8 heteroatoms. The molecule has 0 aliphatic heterocycles. The highest BCUT2D eigenvalue weighted by Gasteiger charge is 2.44. The van der Waals surface area contributed by atoms with Crippen molar-refractivity contribution < 1.29 is 32.0 Å². The zero-order valence-corrected chi connectivity index (χ0v) is 10.8. The number of terminal acetylenes is 2. The second kappa shape index (κ2) is 7.57. The monoisotopic (exact) mass is 298 g/mol. The molecule has 0 saturated heterocycles. The summed E-state index contributed by atoms with van der Waals surface area (Å²) < 4.78 is 51.8. The molecule has 1 atom stereocenters. The third-order valence-corrected chi connectivity index (χ3v) is 2.81. The smallest absolute Gasteiger partial charge is 0.303 e. The Kier molecular flexibility index (Phi) is 7.18. The van der Waals surface area contributed by atoms with Gasteiger partial charge < -0.3 is 9.79 Å². The number of hydrogen-bond acceptors (Lipinski definition) is 2. The summed E-state index contributed by atoms with van der Waals surface area (Å²) in [4.78, 5) is 16.9. The van der Waals surface area contributed by atoms with Crippen molar-refractivity contribution in [2.45, 2.75) is 38.0 Å². The van der Waals surface area contributed by atoms with E-state index in [-0.39, 0.29) is 25.2 Å². The van der Waals surface area contributed by atoms with Crippen molar-refractivity contribution in [1.29, 1.82) is 0 Å². The van der Waals surface area contributed by atoms with Crippen LogP contribution in [0.25, 0.3) is 0 Å². The maximum atomic E-state index is 12.5. The molecule has 0 aliphatic rings. The molecular weight excluding hydrogens is 284 g/mol. The highest BCUT2D eigenvalue weighted by Crippen LogP contribution is 2.43. The maximum Gasteiger partial charge on any atom is 0.470 e. The van der Waals surface area contributed by atoms with Crippen molar-refractivity contribution in [3.63, 3.8) is 0 Å². The quantitative estimate of drug-likeness (QED) is 0.560. The van der Waals surface area contributed by atoms with Gasteiger partial charge in [-0.2, -0.15) is 13.2 Å². The van der Waals surface area contributed by atoms with Crippen LogP contribution in [0.4, 0.5) is 13.2 Å². The standard InChI is InChI=1S/C11H14F3O4P/c1-3-5-9(6-4-2)7-8-10(11(12,13)14)18-19(15,16)17/h1-2,9-10H,5-8H2,(H2,15,16,17). The number of hydrogen-bond donors (Lipinski definition) is 2. The predicted octanol–water partition coefficient (Wildman–Crippen LogP) is 2.47. The maximum absolute atomic E-state index is 12.5. The zero-order valence-electron chi connectivity index (χ0n) is 9.93. The third kappa shape index (κ3) is 8.69. The fourth-order valence-corrected chi connectivity index (χ4v) is 2.00. The van der Waals surface area contributed by atoms with Crippen molar-refractivity contribution in [2.75, 3.05) is 0 Å². The van der Waals surface area contributed by atoms with Gasteiger partial charge in [-0.05, 0) is 18.8 Å². The van der Waals surface area contributed by atoms with E-state index in [0.29, 0.717) is 0 Å². The zero-order chi connectivity index (χ0) is 15.1. The van der Waals surface area contributed by atoms with Crippen LogP contribution < -0.4 is 0 Å². The fourth-order valence-electron chi connectivity index (χ4n) is 1.44. The van der Waals surface area contributed by atoms with Crippen LogP contribution in [0.3, 0.4) is 0 Å². The predicted molar refractivity (Wildman–Crippen MR) is 62.6 cm³/mol. The first kappa shape index (κ1) is 18.0. The van der Waals surface area contributed by atoms with E-state index in [1.54, 1.807) is 0 Å². The normalized spacial score (nSPS) is 13.9. The Hall–Kier alpha value is -0.980. The Bertz CT molecular complexity index is 386. The van der Waals surface area contributed by atoms with Gasteiger partial charge in [-0.15, -0.1) is 24.7 Å². The molecule has 19 heavy (non-hydrogen) atoms. The van der Waals surface area contributed by atoms with E-state index in [0.717, 1.165) is 0 Å². The summed E-state index contributed by atoms with van der Waals surface area (Å²) in [5.41, 5.74) is 0. The van der Waals surface area contributed by atoms with Crippen molar-refractivity contribution >= 4 is 7.82 Å². The Morgan fingerprint density at radius 2 is 1.63 bits per heavy atom. The number of phosphoric acid groups is 1. The molecule has 1 unspecified atom stereocenters. The van der Waals surface area contributed by atoms with Gasteiger partial charge in [0.2, 0.25) is 0 Å². The summed E-state index contributed by atoms with van der Waals surface area (Å²) in [6.45, 7) is 0. The lowest BCUT2D eigenvalue weighted by Gasteiger charge is -2.22. The Morgan fingerprint density at radius 1 is 1.16 bits per heavy atom. The molecule has 0 fully saturated rings. The van der Waals surface area contributed by atoms with Gasteiger partial charge >= 0.3 is 14.0 Å². The SMILES string of the molecule is C#CCC(CC#C)CCC(OP(=O)(O)O)C(F)(F)F. The van der Waals surface area contributed by atoms with Gasteiger partial charge in [-0.25, -0.2) is 4.57 Å². The average Bonchev–Trinajstić information content (AvgIpc) is 2.21. The summed E-state index contributed by atoms with van der Waals surface area (Å²) in [7, 11) is -5.21. The average molecular weight is 298 g/mol. The van der Waals surface area contributed by atoms with Gasteiger partial charge in [0.05, 0.1) is 0 Å². The number of alkyl halides is 3. The molecule has 0 rings (SSSR count). The first-order valence-electron chi connectivity index (χ1n) is 5.27. The van der Waals surface area contributed by atoms with E-state index >= 15 is 0 Å². The molecule has 2 N–H and O–H groups in total. The molecule has 0 bridgehead atoms. The Labute approximate surface area is 109 Å². The molecule has 0 amide bonds.